The van der Waals surface area contributed by atoms with Crippen molar-refractivity contribution < 1.29 is 29.3 Å². The first-order valence-electron chi connectivity index (χ1n) is 10.4. The third kappa shape index (κ3) is 6.75. The Kier molecular flexibility index (Phi) is 8.51. The molecule has 3 aromatic rings. The first-order chi connectivity index (χ1) is 16.4. The average Bonchev–Trinajstić information content (AvgIpc) is 3.55. The number of nitrogens with one attached hydrogen (secondary N) is 1. The van der Waals surface area contributed by atoms with Gasteiger partial charge in [-0.25, -0.2) is 29.3 Å². The van der Waals surface area contributed by atoms with Gasteiger partial charge < -0.3 is 25.2 Å². The second-order valence-electron chi connectivity index (χ2n) is 7.13. The number of fused-ring (bicyclic) bond motifs is 1. The molecule has 3 N–H and O–H groups in total. The number of nitrogens with zero attached hydrogens (tertiary/aromatic N) is 5. The van der Waals surface area contributed by atoms with Crippen LogP contribution in [0.3, 0.4) is 0 Å². The Bertz CT molecular complexity index is 1150. The largest absolute Gasteiger partial charge is 0.478 e. The van der Waals surface area contributed by atoms with Crippen LogP contribution in [-0.4, -0.2) is 78.4 Å². The minimum Gasteiger partial charge on any atom is -0.478 e. The number of hydrogen-bond donors (Lipinski definition) is 3. The second kappa shape index (κ2) is 11.7. The molecule has 1 saturated heterocycles. The molecular weight excluding hydrogens is 464 g/mol. The van der Waals surface area contributed by atoms with Gasteiger partial charge in [-0.1, -0.05) is 0 Å². The van der Waals surface area contributed by atoms with Crippen molar-refractivity contribution in [1.82, 2.24) is 24.4 Å². The third-order valence-electron chi connectivity index (χ3n) is 4.72. The third-order valence-corrected chi connectivity index (χ3v) is 5.36. The molecule has 0 saturated carbocycles. The molecule has 0 aliphatic carbocycles. The van der Waals surface area contributed by atoms with E-state index in [0.717, 1.165) is 29.2 Å². The maximum Gasteiger partial charge on any atom is 0.409 e. The van der Waals surface area contributed by atoms with Gasteiger partial charge in [-0.15, -0.1) is 11.3 Å². The van der Waals surface area contributed by atoms with Gasteiger partial charge in [0.1, 0.15) is 5.52 Å². The highest BCUT2D eigenvalue weighted by Crippen LogP contribution is 2.22. The number of thiazole rings is 1. The van der Waals surface area contributed by atoms with E-state index in [4.69, 9.17) is 19.9 Å². The van der Waals surface area contributed by atoms with E-state index in [1.54, 1.807) is 22.4 Å². The van der Waals surface area contributed by atoms with Crippen molar-refractivity contribution in [1.29, 1.82) is 0 Å². The second-order valence-corrected chi connectivity index (χ2v) is 7.85. The average molecular weight is 489 g/mol. The molecule has 4 heterocycles. The van der Waals surface area contributed by atoms with Gasteiger partial charge in [0.15, 0.2) is 5.65 Å². The minimum absolute atomic E-state index is 0.130. The van der Waals surface area contributed by atoms with Gasteiger partial charge in [0.25, 0.3) is 0 Å². The van der Waals surface area contributed by atoms with E-state index in [1.807, 2.05) is 34.5 Å². The zero-order chi connectivity index (χ0) is 24.5. The molecule has 1 atom stereocenters. The topological polar surface area (TPSA) is 160 Å². The summed E-state index contributed by atoms with van der Waals surface area (Å²) >= 11 is 1.57. The fraction of sp³-hybridized carbons (Fsp3) is 0.333. The summed E-state index contributed by atoms with van der Waals surface area (Å²) in [5.74, 6) is -1.76. The molecule has 1 aliphatic rings. The molecule has 4 rings (SSSR count). The molecule has 1 unspecified atom stereocenters. The summed E-state index contributed by atoms with van der Waals surface area (Å²) < 4.78 is 7.13. The minimum atomic E-state index is -1.26. The predicted molar refractivity (Wildman–Crippen MR) is 124 cm³/mol. The molecule has 0 radical (unpaired) electrons. The molecular formula is C21H24N6O6S. The van der Waals surface area contributed by atoms with Crippen molar-refractivity contribution in [2.24, 2.45) is 0 Å². The van der Waals surface area contributed by atoms with Crippen molar-refractivity contribution in [2.75, 3.05) is 25.0 Å². The predicted octanol–water partition coefficient (Wildman–Crippen LogP) is 2.29. The summed E-state index contributed by atoms with van der Waals surface area (Å²) in [6, 6.07) is 3.96. The standard InChI is InChI=1S/C17H20N6O2S.C4H4O4/c1-2-25-17(24)22-7-5-12(8-22)20-16-21-14-4-3-6-18-15(14)23(16)9-13-10-26-11-19-13;5-3(6)1-2-4(7)8/h3-4,6,10-12H,2,5,7-9H2,1H3,(H,20,21);1-2H,(H,5,6)(H,7,8)/b;2-1+. The highest BCUT2D eigenvalue weighted by Gasteiger charge is 2.28. The van der Waals surface area contributed by atoms with Crippen LogP contribution in [0.4, 0.5) is 10.7 Å². The Hall–Kier alpha value is -4.00. The van der Waals surface area contributed by atoms with Crippen molar-refractivity contribution in [3.05, 3.63) is 47.1 Å². The van der Waals surface area contributed by atoms with E-state index >= 15 is 0 Å². The molecule has 0 bridgehead atoms. The van der Waals surface area contributed by atoms with Crippen molar-refractivity contribution in [2.45, 2.75) is 25.9 Å². The van der Waals surface area contributed by atoms with Crippen LogP contribution in [0.25, 0.3) is 11.2 Å². The monoisotopic (exact) mass is 488 g/mol. The van der Waals surface area contributed by atoms with E-state index in [0.29, 0.717) is 38.4 Å². The van der Waals surface area contributed by atoms with Gasteiger partial charge in [0.05, 0.1) is 24.4 Å². The number of aromatic nitrogens is 4. The molecule has 1 amide bonds. The number of carbonyl (C=O) groups excluding carboxylic acids is 1. The number of pyridine rings is 1. The lowest BCUT2D eigenvalue weighted by molar-refractivity contribution is -0.134. The number of carboxylic acid groups (broad SMARTS) is 2. The first-order valence-corrected chi connectivity index (χ1v) is 11.3. The number of hydrogen-bond acceptors (Lipinski definition) is 9. The Morgan fingerprint density at radius 3 is 2.68 bits per heavy atom. The summed E-state index contributed by atoms with van der Waals surface area (Å²) in [6.07, 6.45) is 3.48. The summed E-state index contributed by atoms with van der Waals surface area (Å²) in [5.41, 5.74) is 4.46. The smallest absolute Gasteiger partial charge is 0.409 e. The molecule has 1 fully saturated rings. The fourth-order valence-corrected chi connectivity index (χ4v) is 3.83. The first kappa shape index (κ1) is 24.6. The van der Waals surface area contributed by atoms with Gasteiger partial charge in [0, 0.05) is 42.9 Å². The maximum atomic E-state index is 11.9. The van der Waals surface area contributed by atoms with Crippen molar-refractivity contribution in [3.63, 3.8) is 0 Å². The van der Waals surface area contributed by atoms with Crippen LogP contribution >= 0.6 is 11.3 Å². The number of rotatable bonds is 7. The highest BCUT2D eigenvalue weighted by molar-refractivity contribution is 7.07. The Morgan fingerprint density at radius 1 is 1.26 bits per heavy atom. The number of ether oxygens (including phenoxy) is 1. The van der Waals surface area contributed by atoms with Gasteiger partial charge in [-0.05, 0) is 25.5 Å². The number of anilines is 1. The van der Waals surface area contributed by atoms with Gasteiger partial charge in [-0.2, -0.15) is 0 Å². The summed E-state index contributed by atoms with van der Waals surface area (Å²) in [4.78, 5) is 46.3. The lowest BCUT2D eigenvalue weighted by Gasteiger charge is -2.17. The Morgan fingerprint density at radius 2 is 2.03 bits per heavy atom. The van der Waals surface area contributed by atoms with Crippen LogP contribution in [0.5, 0.6) is 0 Å². The quantitative estimate of drug-likeness (QED) is 0.421. The van der Waals surface area contributed by atoms with E-state index in [9.17, 15) is 14.4 Å². The number of likely N-dealkylation sites (tertiary alicyclic amines) is 1. The lowest BCUT2D eigenvalue weighted by Crippen LogP contribution is -2.32. The van der Waals surface area contributed by atoms with Gasteiger partial charge in [0.2, 0.25) is 5.95 Å². The molecule has 34 heavy (non-hydrogen) atoms. The van der Waals surface area contributed by atoms with Crippen LogP contribution in [0, 0.1) is 0 Å². The molecule has 3 aromatic heterocycles. The number of carbonyl (C=O) groups is 3. The number of amides is 1. The Labute approximate surface area is 198 Å². The van der Waals surface area contributed by atoms with Crippen molar-refractivity contribution >= 4 is 46.5 Å². The lowest BCUT2D eigenvalue weighted by atomic mass is 10.3. The summed E-state index contributed by atoms with van der Waals surface area (Å²) in [7, 11) is 0. The van der Waals surface area contributed by atoms with E-state index in [-0.39, 0.29) is 12.1 Å². The SMILES string of the molecule is CCOC(=O)N1CCC(Nc2nc3cccnc3n2Cc2cscn2)C1.O=C(O)/C=C/C(=O)O. The molecule has 12 nitrogen and oxygen atoms in total. The van der Waals surface area contributed by atoms with Gasteiger partial charge in [-0.3, -0.25) is 4.57 Å². The zero-order valence-electron chi connectivity index (χ0n) is 18.3. The van der Waals surface area contributed by atoms with E-state index in [2.05, 4.69) is 15.3 Å². The van der Waals surface area contributed by atoms with Gasteiger partial charge >= 0.3 is 18.0 Å². The van der Waals surface area contributed by atoms with E-state index in [1.165, 1.54) is 0 Å². The normalized spacial score (nSPS) is 15.2. The summed E-state index contributed by atoms with van der Waals surface area (Å²) in [6.45, 7) is 4.10. The molecule has 0 spiro atoms. The highest BCUT2D eigenvalue weighted by atomic mass is 32.1. The number of imidazole rings is 1. The van der Waals surface area contributed by atoms with Crippen LogP contribution in [-0.2, 0) is 20.9 Å². The maximum absolute atomic E-state index is 11.9. The fourth-order valence-electron chi connectivity index (χ4n) is 3.28. The Balaban J connectivity index is 0.000000350. The molecule has 0 aromatic carbocycles. The van der Waals surface area contributed by atoms with Crippen LogP contribution in [0.15, 0.2) is 41.4 Å². The number of aliphatic carboxylic acids is 2. The van der Waals surface area contributed by atoms with Crippen LogP contribution in [0.1, 0.15) is 19.0 Å². The molecule has 180 valence electrons. The molecule has 13 heteroatoms. The van der Waals surface area contributed by atoms with Crippen LogP contribution < -0.4 is 5.32 Å². The molecule has 1 aliphatic heterocycles. The van der Waals surface area contributed by atoms with E-state index < -0.39 is 11.9 Å². The zero-order valence-corrected chi connectivity index (χ0v) is 19.1. The summed E-state index contributed by atoms with van der Waals surface area (Å²) in [5, 5.41) is 21.1. The van der Waals surface area contributed by atoms with Crippen LogP contribution in [0.2, 0.25) is 0 Å². The number of carboxylic acids is 2. The van der Waals surface area contributed by atoms with Crippen molar-refractivity contribution in [3.8, 4) is 0 Å².